The monoisotopic (exact) mass is 398 g/mol. The third-order valence-electron chi connectivity index (χ3n) is 3.24. The number of amides is 1. The van der Waals surface area contributed by atoms with Crippen LogP contribution in [0, 0.1) is 5.82 Å². The van der Waals surface area contributed by atoms with Crippen molar-refractivity contribution >= 4 is 40.5 Å². The highest BCUT2D eigenvalue weighted by atomic mass is 35.5. The lowest BCUT2D eigenvalue weighted by Gasteiger charge is -2.14. The van der Waals surface area contributed by atoms with Gasteiger partial charge < -0.3 is 21.1 Å². The zero-order chi connectivity index (χ0) is 18.9. The van der Waals surface area contributed by atoms with Crippen LogP contribution in [0.25, 0.3) is 0 Å². The number of hydrogen-bond donors (Lipinski definition) is 4. The molecule has 0 radical (unpaired) electrons. The molecule has 0 bridgehead atoms. The Hall–Kier alpha value is -2.16. The van der Waals surface area contributed by atoms with Gasteiger partial charge in [0.05, 0.1) is 4.34 Å². The first-order valence-corrected chi connectivity index (χ1v) is 9.18. The topological polar surface area (TPSA) is 85.8 Å². The van der Waals surface area contributed by atoms with Gasteiger partial charge in [0.1, 0.15) is 18.5 Å². The minimum absolute atomic E-state index is 0.117. The number of benzene rings is 1. The van der Waals surface area contributed by atoms with Crippen LogP contribution in [0.3, 0.4) is 0 Å². The minimum atomic E-state index is -0.732. The normalized spacial score (nSPS) is 12.5. The Balaban J connectivity index is 1.86. The molecule has 0 fully saturated rings. The molecule has 9 heteroatoms. The highest BCUT2D eigenvalue weighted by molar-refractivity contribution is 7.16. The number of nitrogens with zero attached hydrogens (tertiary/aromatic N) is 1. The number of aliphatic imine (C=N–C) groups is 1. The van der Waals surface area contributed by atoms with Gasteiger partial charge in [0.2, 0.25) is 5.91 Å². The van der Waals surface area contributed by atoms with Gasteiger partial charge in [0.25, 0.3) is 0 Å². The Morgan fingerprint density at radius 3 is 2.62 bits per heavy atom. The fourth-order valence-corrected chi connectivity index (χ4v) is 3.07. The first-order chi connectivity index (χ1) is 12.5. The average Bonchev–Trinajstić information content (AvgIpc) is 3.05. The van der Waals surface area contributed by atoms with Gasteiger partial charge in [-0.15, -0.1) is 11.3 Å². The van der Waals surface area contributed by atoms with Gasteiger partial charge in [0, 0.05) is 23.7 Å². The van der Waals surface area contributed by atoms with Crippen LogP contribution >= 0.6 is 22.9 Å². The number of thiophene rings is 1. The van der Waals surface area contributed by atoms with Gasteiger partial charge in [-0.1, -0.05) is 11.6 Å². The Morgan fingerprint density at radius 2 is 2.00 bits per heavy atom. The first-order valence-electron chi connectivity index (χ1n) is 7.99. The fraction of sp³-hybridized carbons (Fsp3) is 0.294. The van der Waals surface area contributed by atoms with E-state index >= 15 is 0 Å². The van der Waals surface area contributed by atoms with E-state index in [0.717, 1.165) is 4.88 Å². The van der Waals surface area contributed by atoms with Crippen molar-refractivity contribution in [1.29, 1.82) is 0 Å². The number of carbonyl (C=O) groups is 1. The van der Waals surface area contributed by atoms with Crippen molar-refractivity contribution in [2.75, 3.05) is 25.0 Å². The third-order valence-corrected chi connectivity index (χ3v) is 4.57. The van der Waals surface area contributed by atoms with E-state index in [9.17, 15) is 14.3 Å². The number of hydrogen-bond acceptors (Lipinski definition) is 4. The molecule has 1 aromatic heterocycles. The van der Waals surface area contributed by atoms with E-state index in [1.165, 1.54) is 35.6 Å². The molecule has 0 aliphatic rings. The molecule has 1 unspecified atom stereocenters. The number of nitrogens with one attached hydrogen (secondary N) is 3. The second-order valence-electron chi connectivity index (χ2n) is 5.29. The highest BCUT2D eigenvalue weighted by Gasteiger charge is 2.11. The molecule has 6 nitrogen and oxygen atoms in total. The molecule has 0 saturated heterocycles. The van der Waals surface area contributed by atoms with Crippen molar-refractivity contribution in [2.45, 2.75) is 13.0 Å². The summed E-state index contributed by atoms with van der Waals surface area (Å²) in [4.78, 5) is 16.9. The fourth-order valence-electron chi connectivity index (χ4n) is 2.03. The number of aliphatic hydroxyl groups excluding tert-OH is 1. The number of aliphatic hydroxyl groups is 1. The molecule has 1 aromatic carbocycles. The molecule has 0 saturated carbocycles. The van der Waals surface area contributed by atoms with Crippen LogP contribution in [0.2, 0.25) is 4.34 Å². The molecule has 0 aliphatic carbocycles. The molecule has 140 valence electrons. The molecular weight excluding hydrogens is 379 g/mol. The number of carbonyl (C=O) groups excluding carboxylic acids is 1. The van der Waals surface area contributed by atoms with Crippen LogP contribution < -0.4 is 16.0 Å². The van der Waals surface area contributed by atoms with Crippen LogP contribution in [0.4, 0.5) is 10.1 Å². The quantitative estimate of drug-likeness (QED) is 0.426. The van der Waals surface area contributed by atoms with E-state index in [1.54, 1.807) is 12.1 Å². The summed E-state index contributed by atoms with van der Waals surface area (Å²) in [6.07, 6.45) is -0.732. The molecular formula is C17H20ClFN4O2S. The van der Waals surface area contributed by atoms with E-state index < -0.39 is 6.10 Å². The van der Waals surface area contributed by atoms with E-state index in [0.29, 0.717) is 22.5 Å². The lowest BCUT2D eigenvalue weighted by atomic mass is 10.3. The van der Waals surface area contributed by atoms with Crippen LogP contribution in [-0.4, -0.2) is 36.6 Å². The van der Waals surface area contributed by atoms with Crippen molar-refractivity contribution in [3.63, 3.8) is 0 Å². The Bertz CT molecular complexity index is 751. The lowest BCUT2D eigenvalue weighted by molar-refractivity contribution is -0.114. The zero-order valence-corrected chi connectivity index (χ0v) is 15.7. The van der Waals surface area contributed by atoms with Crippen molar-refractivity contribution < 1.29 is 14.3 Å². The largest absolute Gasteiger partial charge is 0.386 e. The van der Waals surface area contributed by atoms with Gasteiger partial charge in [-0.2, -0.15) is 0 Å². The summed E-state index contributed by atoms with van der Waals surface area (Å²) in [6.45, 7) is 2.60. The molecule has 1 atom stereocenters. The van der Waals surface area contributed by atoms with Crippen molar-refractivity contribution in [1.82, 2.24) is 10.6 Å². The predicted octanol–water partition coefficient (Wildman–Crippen LogP) is 2.77. The van der Waals surface area contributed by atoms with Crippen molar-refractivity contribution in [3.05, 3.63) is 51.4 Å². The number of rotatable bonds is 7. The van der Waals surface area contributed by atoms with E-state index in [4.69, 9.17) is 11.6 Å². The first kappa shape index (κ1) is 20.2. The molecule has 2 aromatic rings. The van der Waals surface area contributed by atoms with Gasteiger partial charge in [0.15, 0.2) is 5.96 Å². The molecule has 2 rings (SSSR count). The van der Waals surface area contributed by atoms with E-state index in [1.807, 2.05) is 6.92 Å². The molecule has 4 N–H and O–H groups in total. The summed E-state index contributed by atoms with van der Waals surface area (Å²) in [5.41, 5.74) is 0.495. The van der Waals surface area contributed by atoms with Gasteiger partial charge in [-0.05, 0) is 43.3 Å². The summed E-state index contributed by atoms with van der Waals surface area (Å²) in [5, 5.41) is 18.7. The number of halogens is 2. The Labute approximate surface area is 160 Å². The standard InChI is InChI=1S/C17H20ClFN4O2S/c1-2-20-17(21-9-13(24)14-7-8-15(18)26-14)22-10-16(25)23-12-5-3-11(19)4-6-12/h3-8,13,24H,2,9-10H2,1H3,(H,23,25)(H2,20,21,22). The van der Waals surface area contributed by atoms with Gasteiger partial charge in [-0.3, -0.25) is 4.79 Å². The summed E-state index contributed by atoms with van der Waals surface area (Å²) in [7, 11) is 0. The summed E-state index contributed by atoms with van der Waals surface area (Å²) in [6, 6.07) is 8.97. The van der Waals surface area contributed by atoms with Crippen LogP contribution in [0.5, 0.6) is 0 Å². The van der Waals surface area contributed by atoms with Crippen molar-refractivity contribution in [2.24, 2.45) is 4.99 Å². The third kappa shape index (κ3) is 6.62. The number of anilines is 1. The van der Waals surface area contributed by atoms with Crippen molar-refractivity contribution in [3.8, 4) is 0 Å². The Kier molecular flexibility index (Phi) is 7.83. The van der Waals surface area contributed by atoms with Crippen LogP contribution in [-0.2, 0) is 4.79 Å². The molecule has 26 heavy (non-hydrogen) atoms. The second kappa shape index (κ2) is 10.1. The summed E-state index contributed by atoms with van der Waals surface area (Å²) in [5.74, 6) is -0.298. The summed E-state index contributed by atoms with van der Waals surface area (Å²) < 4.78 is 13.5. The predicted molar refractivity (Wildman–Crippen MR) is 103 cm³/mol. The van der Waals surface area contributed by atoms with E-state index in [-0.39, 0.29) is 24.8 Å². The number of guanidine groups is 1. The molecule has 0 spiro atoms. The van der Waals surface area contributed by atoms with Gasteiger partial charge in [-0.25, -0.2) is 9.38 Å². The summed E-state index contributed by atoms with van der Waals surface area (Å²) >= 11 is 7.17. The van der Waals surface area contributed by atoms with Crippen LogP contribution in [0.1, 0.15) is 17.9 Å². The lowest BCUT2D eigenvalue weighted by Crippen LogP contribution is -2.40. The maximum atomic E-state index is 12.9. The molecule has 0 aliphatic heterocycles. The molecule has 1 heterocycles. The highest BCUT2D eigenvalue weighted by Crippen LogP contribution is 2.26. The average molecular weight is 399 g/mol. The smallest absolute Gasteiger partial charge is 0.246 e. The van der Waals surface area contributed by atoms with E-state index in [2.05, 4.69) is 20.9 Å². The van der Waals surface area contributed by atoms with Crippen LogP contribution in [0.15, 0.2) is 41.4 Å². The Morgan fingerprint density at radius 1 is 1.27 bits per heavy atom. The SMILES string of the molecule is CCNC(=NCC(=O)Nc1ccc(F)cc1)NCC(O)c1ccc(Cl)s1. The maximum absolute atomic E-state index is 12.9. The maximum Gasteiger partial charge on any atom is 0.246 e. The minimum Gasteiger partial charge on any atom is -0.386 e. The van der Waals surface area contributed by atoms with Gasteiger partial charge >= 0.3 is 0 Å². The molecule has 1 amide bonds. The second-order valence-corrected chi connectivity index (χ2v) is 7.04. The zero-order valence-electron chi connectivity index (χ0n) is 14.1.